The van der Waals surface area contributed by atoms with E-state index in [4.69, 9.17) is 4.98 Å². The third kappa shape index (κ3) is 9.47. The summed E-state index contributed by atoms with van der Waals surface area (Å²) >= 11 is 0. The lowest BCUT2D eigenvalue weighted by Gasteiger charge is -2.37. The summed E-state index contributed by atoms with van der Waals surface area (Å²) in [5, 5.41) is 2.88. The third-order valence-electron chi connectivity index (χ3n) is 7.88. The summed E-state index contributed by atoms with van der Waals surface area (Å²) in [4.78, 5) is 21.7. The van der Waals surface area contributed by atoms with Gasteiger partial charge in [-0.1, -0.05) is 104 Å². The number of aromatic nitrogens is 1. The topological polar surface area (TPSA) is 54.4 Å². The Labute approximate surface area is 257 Å². The van der Waals surface area contributed by atoms with E-state index in [0.717, 1.165) is 40.9 Å². The van der Waals surface area contributed by atoms with Crippen molar-refractivity contribution in [3.8, 4) is 0 Å². The number of amides is 1. The summed E-state index contributed by atoms with van der Waals surface area (Å²) < 4.78 is 0. The third-order valence-corrected chi connectivity index (χ3v) is 7.88. The molecule has 1 amide bonds. The standard InChI is InChI=1S/C39H43N3O/c1-29(13-12-14-30(2)25-38(43)42-34-17-10-7-11-18-34)19-20-36-31(3)35(21-23-39(36,4)5)37-26-33(22-24-41-37)28-40-27-32-15-8-6-9-16-32/h6-20,22,24-27,35H,21,23,28H2,1-5H3,(H,42,43)/b14-12+,20-19+,29-13+,30-25-,40-27?. The van der Waals surface area contributed by atoms with E-state index >= 15 is 0 Å². The van der Waals surface area contributed by atoms with Crippen LogP contribution in [0.2, 0.25) is 0 Å². The molecule has 0 spiro atoms. The van der Waals surface area contributed by atoms with E-state index < -0.39 is 0 Å². The smallest absolute Gasteiger partial charge is 0.248 e. The monoisotopic (exact) mass is 569 g/mol. The van der Waals surface area contributed by atoms with E-state index in [1.165, 1.54) is 16.7 Å². The Morgan fingerprint density at radius 1 is 1.00 bits per heavy atom. The highest BCUT2D eigenvalue weighted by atomic mass is 16.1. The Kier molecular flexibility index (Phi) is 11.0. The molecule has 220 valence electrons. The van der Waals surface area contributed by atoms with Crippen LogP contribution in [0.15, 0.2) is 143 Å². The molecule has 3 aromatic rings. The van der Waals surface area contributed by atoms with Gasteiger partial charge in [0.25, 0.3) is 0 Å². The van der Waals surface area contributed by atoms with E-state index in [-0.39, 0.29) is 11.3 Å². The molecule has 0 saturated carbocycles. The van der Waals surface area contributed by atoms with Gasteiger partial charge < -0.3 is 5.32 Å². The molecule has 2 aromatic carbocycles. The van der Waals surface area contributed by atoms with Crippen molar-refractivity contribution < 1.29 is 4.79 Å². The Bertz CT molecular complexity index is 1570. The van der Waals surface area contributed by atoms with Gasteiger partial charge in [0.15, 0.2) is 0 Å². The van der Waals surface area contributed by atoms with Gasteiger partial charge in [-0.3, -0.25) is 14.8 Å². The minimum Gasteiger partial charge on any atom is -0.323 e. The minimum absolute atomic E-state index is 0.0935. The minimum atomic E-state index is -0.134. The summed E-state index contributed by atoms with van der Waals surface area (Å²) in [6.45, 7) is 11.6. The lowest BCUT2D eigenvalue weighted by molar-refractivity contribution is -0.111. The van der Waals surface area contributed by atoms with Gasteiger partial charge in [0.05, 0.1) is 6.54 Å². The number of para-hydroxylation sites is 1. The highest BCUT2D eigenvalue weighted by molar-refractivity contribution is 5.99. The molecule has 0 saturated heterocycles. The fourth-order valence-electron chi connectivity index (χ4n) is 5.46. The number of benzene rings is 2. The summed E-state index contributed by atoms with van der Waals surface area (Å²) in [7, 11) is 0. The van der Waals surface area contributed by atoms with E-state index in [0.29, 0.717) is 12.5 Å². The number of hydrogen-bond acceptors (Lipinski definition) is 3. The Morgan fingerprint density at radius 2 is 1.72 bits per heavy atom. The number of nitrogens with one attached hydrogen (secondary N) is 1. The first-order valence-electron chi connectivity index (χ1n) is 15.0. The van der Waals surface area contributed by atoms with Crippen LogP contribution in [0, 0.1) is 5.41 Å². The Morgan fingerprint density at radius 3 is 2.47 bits per heavy atom. The first-order chi connectivity index (χ1) is 20.7. The van der Waals surface area contributed by atoms with Crippen LogP contribution in [0.25, 0.3) is 0 Å². The number of hydrogen-bond donors (Lipinski definition) is 1. The molecule has 1 heterocycles. The van der Waals surface area contributed by atoms with Crippen LogP contribution in [0.4, 0.5) is 5.69 Å². The van der Waals surface area contributed by atoms with Gasteiger partial charge in [-0.15, -0.1) is 0 Å². The number of aliphatic imine (C=N–C) groups is 1. The molecule has 1 aromatic heterocycles. The molecule has 4 nitrogen and oxygen atoms in total. The highest BCUT2D eigenvalue weighted by Crippen LogP contribution is 2.46. The number of anilines is 1. The SMILES string of the molecule is CC1=C(/C=C/C(C)=C/C=C/C(C)=C\C(=O)Nc2ccccc2)C(C)(C)CCC1c1cc(CN=Cc2ccccc2)ccn1. The first kappa shape index (κ1) is 31.4. The number of pyridine rings is 1. The van der Waals surface area contributed by atoms with Gasteiger partial charge in [0.2, 0.25) is 5.91 Å². The summed E-state index contributed by atoms with van der Waals surface area (Å²) in [5.74, 6) is 0.162. The fourth-order valence-corrected chi connectivity index (χ4v) is 5.46. The molecule has 0 radical (unpaired) electrons. The normalized spacial score (nSPS) is 17.7. The van der Waals surface area contributed by atoms with E-state index in [9.17, 15) is 4.79 Å². The van der Waals surface area contributed by atoms with Crippen molar-refractivity contribution in [1.29, 1.82) is 0 Å². The van der Waals surface area contributed by atoms with Crippen molar-refractivity contribution in [2.24, 2.45) is 10.4 Å². The maximum atomic E-state index is 12.3. The molecule has 1 unspecified atom stereocenters. The molecule has 4 rings (SSSR count). The molecular weight excluding hydrogens is 526 g/mol. The van der Waals surface area contributed by atoms with Gasteiger partial charge >= 0.3 is 0 Å². The largest absolute Gasteiger partial charge is 0.323 e. The van der Waals surface area contributed by atoms with Crippen LogP contribution in [0.3, 0.4) is 0 Å². The molecule has 43 heavy (non-hydrogen) atoms. The van der Waals surface area contributed by atoms with Gasteiger partial charge in [0, 0.05) is 35.8 Å². The number of nitrogens with zero attached hydrogens (tertiary/aromatic N) is 2. The second-order valence-electron chi connectivity index (χ2n) is 11.9. The van der Waals surface area contributed by atoms with E-state index in [2.05, 4.69) is 80.5 Å². The molecule has 1 N–H and O–H groups in total. The fraction of sp³-hybridized carbons (Fsp3) is 0.256. The van der Waals surface area contributed by atoms with Crippen LogP contribution in [-0.2, 0) is 11.3 Å². The molecule has 0 aliphatic heterocycles. The lowest BCUT2D eigenvalue weighted by Crippen LogP contribution is -2.24. The van der Waals surface area contributed by atoms with Crippen molar-refractivity contribution in [2.75, 3.05) is 5.32 Å². The second kappa shape index (κ2) is 15.1. The van der Waals surface area contributed by atoms with Crippen molar-refractivity contribution >= 4 is 17.8 Å². The molecule has 1 atom stereocenters. The van der Waals surface area contributed by atoms with Gasteiger partial charge in [-0.25, -0.2) is 0 Å². The molecule has 1 aliphatic rings. The summed E-state index contributed by atoms with van der Waals surface area (Å²) in [6.07, 6.45) is 18.2. The number of rotatable bonds is 10. The number of allylic oxidation sites excluding steroid dienone is 9. The van der Waals surface area contributed by atoms with Crippen molar-refractivity contribution in [2.45, 2.75) is 59.9 Å². The zero-order valence-electron chi connectivity index (χ0n) is 26.0. The maximum absolute atomic E-state index is 12.3. The van der Waals surface area contributed by atoms with Crippen LogP contribution in [-0.4, -0.2) is 17.1 Å². The first-order valence-corrected chi connectivity index (χ1v) is 15.0. The van der Waals surface area contributed by atoms with Crippen LogP contribution >= 0.6 is 0 Å². The van der Waals surface area contributed by atoms with E-state index in [1.807, 2.05) is 80.0 Å². The molecule has 4 heteroatoms. The van der Waals surface area contributed by atoms with E-state index in [1.54, 1.807) is 6.08 Å². The number of carbonyl (C=O) groups is 1. The summed E-state index contributed by atoms with van der Waals surface area (Å²) in [6, 6.07) is 24.0. The quantitative estimate of drug-likeness (QED) is 0.150. The predicted molar refractivity (Wildman–Crippen MR) is 181 cm³/mol. The highest BCUT2D eigenvalue weighted by Gasteiger charge is 2.33. The molecule has 0 fully saturated rings. The zero-order valence-corrected chi connectivity index (χ0v) is 26.0. The van der Waals surface area contributed by atoms with Crippen LogP contribution in [0.5, 0.6) is 0 Å². The molecular formula is C39H43N3O. The Hall–Kier alpha value is -4.57. The van der Waals surface area contributed by atoms with Gasteiger partial charge in [-0.2, -0.15) is 0 Å². The lowest BCUT2D eigenvalue weighted by atomic mass is 9.68. The van der Waals surface area contributed by atoms with Gasteiger partial charge in [-0.05, 0) is 85.6 Å². The van der Waals surface area contributed by atoms with Crippen LogP contribution < -0.4 is 5.32 Å². The van der Waals surface area contributed by atoms with Crippen LogP contribution in [0.1, 0.15) is 70.2 Å². The average molecular weight is 570 g/mol. The Balaban J connectivity index is 1.43. The predicted octanol–water partition coefficient (Wildman–Crippen LogP) is 9.56. The summed E-state index contributed by atoms with van der Waals surface area (Å²) in [5.41, 5.74) is 9.09. The molecule has 0 bridgehead atoms. The number of carbonyl (C=O) groups excluding carboxylic acids is 1. The zero-order chi connectivity index (χ0) is 30.7. The van der Waals surface area contributed by atoms with Gasteiger partial charge in [0.1, 0.15) is 0 Å². The maximum Gasteiger partial charge on any atom is 0.248 e. The molecule has 1 aliphatic carbocycles. The van der Waals surface area contributed by atoms with Crippen molar-refractivity contribution in [1.82, 2.24) is 4.98 Å². The second-order valence-corrected chi connectivity index (χ2v) is 11.9. The van der Waals surface area contributed by atoms with Crippen molar-refractivity contribution in [3.05, 3.63) is 155 Å². The average Bonchev–Trinajstić information content (AvgIpc) is 2.98. The van der Waals surface area contributed by atoms with Crippen molar-refractivity contribution in [3.63, 3.8) is 0 Å².